The molecule has 0 aliphatic heterocycles. The maximum absolute atomic E-state index is 12.7. The van der Waals surface area contributed by atoms with Crippen LogP contribution in [0.1, 0.15) is 12.1 Å². The first kappa shape index (κ1) is 16.1. The molecule has 2 aromatic heterocycles. The average Bonchev–Trinajstić information content (AvgIpc) is 2.92. The SMILES string of the molecule is Cc1ccc2c(=O)cc(Nc3ccccc3)n(C3=CC=CCC=C3)c2n1. The topological polar surface area (TPSA) is 46.9 Å². The molecule has 1 aliphatic rings. The van der Waals surface area contributed by atoms with Crippen molar-refractivity contribution in [3.05, 3.63) is 94.8 Å². The number of allylic oxidation sites excluding steroid dienone is 6. The quantitative estimate of drug-likeness (QED) is 0.744. The summed E-state index contributed by atoms with van der Waals surface area (Å²) in [4.78, 5) is 17.3. The number of pyridine rings is 2. The molecule has 0 unspecified atom stereocenters. The lowest BCUT2D eigenvalue weighted by atomic mass is 10.2. The Morgan fingerprint density at radius 3 is 2.77 bits per heavy atom. The molecule has 1 N–H and O–H groups in total. The third-order valence-electron chi connectivity index (χ3n) is 4.27. The number of aryl methyl sites for hydroxylation is 1. The molecule has 0 radical (unpaired) electrons. The molecule has 128 valence electrons. The second-order valence-electron chi connectivity index (χ2n) is 6.20. The van der Waals surface area contributed by atoms with Crippen LogP contribution in [0.5, 0.6) is 0 Å². The molecule has 4 nitrogen and oxygen atoms in total. The fraction of sp³-hybridized carbons (Fsp3) is 0.0909. The lowest BCUT2D eigenvalue weighted by molar-refractivity contribution is 1.08. The molecule has 3 aromatic rings. The molecule has 0 bridgehead atoms. The van der Waals surface area contributed by atoms with E-state index in [1.807, 2.05) is 66.1 Å². The first-order valence-electron chi connectivity index (χ1n) is 8.61. The van der Waals surface area contributed by atoms with Crippen LogP contribution in [0.2, 0.25) is 0 Å². The van der Waals surface area contributed by atoms with Gasteiger partial charge in [0.05, 0.1) is 5.39 Å². The number of benzene rings is 1. The number of anilines is 2. The largest absolute Gasteiger partial charge is 0.341 e. The molecule has 2 heterocycles. The molecule has 4 heteroatoms. The molecule has 26 heavy (non-hydrogen) atoms. The van der Waals surface area contributed by atoms with Crippen molar-refractivity contribution < 1.29 is 0 Å². The van der Waals surface area contributed by atoms with Crippen LogP contribution in [0.25, 0.3) is 16.7 Å². The standard InChI is InChI=1S/C22H19N3O/c1-16-13-14-19-20(26)15-21(24-17-9-5-4-6-10-17)25(22(19)23-16)18-11-7-2-3-8-12-18/h2,4-15,24H,3H2,1H3. The van der Waals surface area contributed by atoms with Gasteiger partial charge in [0.2, 0.25) is 0 Å². The molecule has 1 aliphatic carbocycles. The van der Waals surface area contributed by atoms with Crippen molar-refractivity contribution in [3.8, 4) is 0 Å². The number of fused-ring (bicyclic) bond motifs is 1. The maximum atomic E-state index is 12.7. The summed E-state index contributed by atoms with van der Waals surface area (Å²) in [7, 11) is 0. The van der Waals surface area contributed by atoms with E-state index in [-0.39, 0.29) is 5.43 Å². The van der Waals surface area contributed by atoms with Crippen LogP contribution in [-0.4, -0.2) is 9.55 Å². The van der Waals surface area contributed by atoms with Crippen LogP contribution in [0, 0.1) is 6.92 Å². The minimum atomic E-state index is -0.0454. The summed E-state index contributed by atoms with van der Waals surface area (Å²) in [6.07, 6.45) is 11.2. The van der Waals surface area contributed by atoms with Gasteiger partial charge in [0.15, 0.2) is 5.43 Å². The Labute approximate surface area is 151 Å². The van der Waals surface area contributed by atoms with Gasteiger partial charge in [0.25, 0.3) is 0 Å². The predicted molar refractivity (Wildman–Crippen MR) is 108 cm³/mol. The van der Waals surface area contributed by atoms with Gasteiger partial charge >= 0.3 is 0 Å². The van der Waals surface area contributed by atoms with Gasteiger partial charge in [-0.2, -0.15) is 0 Å². The van der Waals surface area contributed by atoms with Gasteiger partial charge in [-0.05, 0) is 49.8 Å². The summed E-state index contributed by atoms with van der Waals surface area (Å²) in [6, 6.07) is 15.2. The number of hydrogen-bond donors (Lipinski definition) is 1. The summed E-state index contributed by atoms with van der Waals surface area (Å²) < 4.78 is 2.00. The number of para-hydroxylation sites is 1. The van der Waals surface area contributed by atoms with Crippen LogP contribution in [0.15, 0.2) is 83.7 Å². The highest BCUT2D eigenvalue weighted by atomic mass is 16.1. The number of aromatic nitrogens is 2. The fourth-order valence-electron chi connectivity index (χ4n) is 3.03. The highest BCUT2D eigenvalue weighted by Gasteiger charge is 2.13. The first-order valence-corrected chi connectivity index (χ1v) is 8.61. The summed E-state index contributed by atoms with van der Waals surface area (Å²) in [5.41, 5.74) is 3.36. The number of rotatable bonds is 3. The molecule has 0 fully saturated rings. The summed E-state index contributed by atoms with van der Waals surface area (Å²) in [6.45, 7) is 1.93. The van der Waals surface area contributed by atoms with E-state index >= 15 is 0 Å². The number of hydrogen-bond acceptors (Lipinski definition) is 3. The van der Waals surface area contributed by atoms with E-state index in [4.69, 9.17) is 0 Å². The Bertz CT molecular complexity index is 1110. The van der Waals surface area contributed by atoms with Gasteiger partial charge in [0.1, 0.15) is 11.5 Å². The van der Waals surface area contributed by atoms with Crippen molar-refractivity contribution in [2.24, 2.45) is 0 Å². The molecule has 1 aromatic carbocycles. The Morgan fingerprint density at radius 1 is 1.08 bits per heavy atom. The zero-order chi connectivity index (χ0) is 17.9. The van der Waals surface area contributed by atoms with Crippen LogP contribution in [-0.2, 0) is 0 Å². The normalized spacial score (nSPS) is 13.5. The van der Waals surface area contributed by atoms with Crippen LogP contribution >= 0.6 is 0 Å². The molecular weight excluding hydrogens is 322 g/mol. The van der Waals surface area contributed by atoms with Crippen LogP contribution in [0.3, 0.4) is 0 Å². The van der Waals surface area contributed by atoms with Crippen molar-refractivity contribution in [1.29, 1.82) is 0 Å². The molecule has 0 spiro atoms. The smallest absolute Gasteiger partial charge is 0.193 e. The third-order valence-corrected chi connectivity index (χ3v) is 4.27. The summed E-state index contributed by atoms with van der Waals surface area (Å²) >= 11 is 0. The molecule has 4 rings (SSSR count). The Balaban J connectivity index is 2.00. The second kappa shape index (κ2) is 6.84. The van der Waals surface area contributed by atoms with E-state index in [9.17, 15) is 4.79 Å². The van der Waals surface area contributed by atoms with Gasteiger partial charge in [0, 0.05) is 23.1 Å². The molecule has 0 amide bonds. The van der Waals surface area contributed by atoms with Gasteiger partial charge in [-0.3, -0.25) is 9.36 Å². The van der Waals surface area contributed by atoms with Gasteiger partial charge in [-0.15, -0.1) is 0 Å². The van der Waals surface area contributed by atoms with Gasteiger partial charge in [-0.1, -0.05) is 36.4 Å². The summed E-state index contributed by atoms with van der Waals surface area (Å²) in [5.74, 6) is 0.693. The Kier molecular flexibility index (Phi) is 4.23. The molecular formula is C22H19N3O. The second-order valence-corrected chi connectivity index (χ2v) is 6.20. The third kappa shape index (κ3) is 3.09. The number of nitrogens with one attached hydrogen (secondary N) is 1. The van der Waals surface area contributed by atoms with Crippen molar-refractivity contribution in [2.45, 2.75) is 13.3 Å². The average molecular weight is 341 g/mol. The minimum Gasteiger partial charge on any atom is -0.341 e. The highest BCUT2D eigenvalue weighted by Crippen LogP contribution is 2.25. The van der Waals surface area contributed by atoms with Crippen LogP contribution in [0.4, 0.5) is 11.5 Å². The van der Waals surface area contributed by atoms with Gasteiger partial charge in [-0.25, -0.2) is 4.98 Å². The van der Waals surface area contributed by atoms with Crippen LogP contribution < -0.4 is 10.7 Å². The Hall–Kier alpha value is -3.40. The van der Waals surface area contributed by atoms with E-state index in [2.05, 4.69) is 28.5 Å². The van der Waals surface area contributed by atoms with E-state index in [0.29, 0.717) is 16.9 Å². The van der Waals surface area contributed by atoms with E-state index in [1.165, 1.54) is 0 Å². The molecule has 0 saturated heterocycles. The predicted octanol–water partition coefficient (Wildman–Crippen LogP) is 4.81. The highest BCUT2D eigenvalue weighted by molar-refractivity contribution is 5.84. The lowest BCUT2D eigenvalue weighted by Gasteiger charge is -2.18. The van der Waals surface area contributed by atoms with Crippen molar-refractivity contribution in [3.63, 3.8) is 0 Å². The zero-order valence-corrected chi connectivity index (χ0v) is 14.5. The Morgan fingerprint density at radius 2 is 1.92 bits per heavy atom. The van der Waals surface area contributed by atoms with Gasteiger partial charge < -0.3 is 5.32 Å². The van der Waals surface area contributed by atoms with E-state index in [1.54, 1.807) is 6.07 Å². The molecule has 0 saturated carbocycles. The monoisotopic (exact) mass is 341 g/mol. The van der Waals surface area contributed by atoms with E-state index < -0.39 is 0 Å². The first-order chi connectivity index (χ1) is 12.7. The van der Waals surface area contributed by atoms with Crippen molar-refractivity contribution in [2.75, 3.05) is 5.32 Å². The van der Waals surface area contributed by atoms with Crippen molar-refractivity contribution in [1.82, 2.24) is 9.55 Å². The minimum absolute atomic E-state index is 0.0454. The zero-order valence-electron chi connectivity index (χ0n) is 14.5. The van der Waals surface area contributed by atoms with E-state index in [0.717, 1.165) is 23.5 Å². The van der Waals surface area contributed by atoms with Crippen molar-refractivity contribution >= 4 is 28.2 Å². The fourth-order valence-corrected chi connectivity index (χ4v) is 3.03. The maximum Gasteiger partial charge on any atom is 0.193 e. The number of nitrogens with zero attached hydrogens (tertiary/aromatic N) is 2. The lowest BCUT2D eigenvalue weighted by Crippen LogP contribution is -2.14. The molecule has 0 atom stereocenters. The summed E-state index contributed by atoms with van der Waals surface area (Å²) in [5, 5.41) is 3.97.